The highest BCUT2D eigenvalue weighted by atomic mass is 16.4. The van der Waals surface area contributed by atoms with Crippen molar-refractivity contribution in [3.63, 3.8) is 0 Å². The molecule has 0 aliphatic carbocycles. The molecule has 0 unspecified atom stereocenters. The molecule has 0 aliphatic heterocycles. The molecule has 0 heterocycles. The third-order valence-electron chi connectivity index (χ3n) is 2.16. The summed E-state index contributed by atoms with van der Waals surface area (Å²) >= 11 is 0. The van der Waals surface area contributed by atoms with Gasteiger partial charge in [-0.05, 0) is 19.8 Å². The topological polar surface area (TPSA) is 108 Å². The number of aliphatic carboxylic acids is 1. The lowest BCUT2D eigenvalue weighted by atomic mass is 10.0. The quantitative estimate of drug-likeness (QED) is 0.535. The minimum absolute atomic E-state index is 0.137. The molecule has 7 heteroatoms. The predicted octanol–water partition coefficient (Wildman–Crippen LogP) is 0.311. The minimum atomic E-state index is -1.00. The maximum atomic E-state index is 11.5. The Balaban J connectivity index is 3.98. The molecule has 0 spiro atoms. The summed E-state index contributed by atoms with van der Waals surface area (Å²) in [5, 5.41) is 16.2. The second kappa shape index (κ2) is 7.60. The van der Waals surface area contributed by atoms with Crippen LogP contribution >= 0.6 is 0 Å². The lowest BCUT2D eigenvalue weighted by Crippen LogP contribution is -2.51. The van der Waals surface area contributed by atoms with E-state index in [4.69, 9.17) is 5.11 Å². The molecule has 0 rings (SSSR count). The summed E-state index contributed by atoms with van der Waals surface area (Å²) < 4.78 is 0. The predicted molar refractivity (Wildman–Crippen MR) is 70.7 cm³/mol. The zero-order chi connectivity index (χ0) is 15.1. The lowest BCUT2D eigenvalue weighted by molar-refractivity contribution is -0.138. The van der Waals surface area contributed by atoms with Gasteiger partial charge in [0.15, 0.2) is 0 Å². The Morgan fingerprint density at radius 2 is 1.74 bits per heavy atom. The van der Waals surface area contributed by atoms with E-state index in [1.165, 1.54) is 0 Å². The fourth-order valence-electron chi connectivity index (χ4n) is 1.31. The molecule has 0 aromatic heterocycles. The lowest BCUT2D eigenvalue weighted by Gasteiger charge is -2.24. The Labute approximate surface area is 113 Å². The number of hydrogen-bond acceptors (Lipinski definition) is 3. The summed E-state index contributed by atoms with van der Waals surface area (Å²) in [4.78, 5) is 33.4. The Hall–Kier alpha value is -1.79. The summed E-state index contributed by atoms with van der Waals surface area (Å²) in [6.45, 7) is 7.54. The number of hydrogen-bond donors (Lipinski definition) is 4. The second-order valence-corrected chi connectivity index (χ2v) is 5.46. The molecule has 4 N–H and O–H groups in total. The molecule has 0 aromatic rings. The molecule has 3 amide bonds. The molecule has 0 saturated carbocycles. The van der Waals surface area contributed by atoms with Crippen molar-refractivity contribution in [2.45, 2.75) is 39.7 Å². The normalized spacial score (nSPS) is 11.0. The number of amides is 3. The summed E-state index contributed by atoms with van der Waals surface area (Å²) in [6.07, 6.45) is -0.194. The smallest absolute Gasteiger partial charge is 0.315 e. The number of carboxylic acids is 1. The van der Waals surface area contributed by atoms with Crippen LogP contribution in [0.2, 0.25) is 0 Å². The van der Waals surface area contributed by atoms with Crippen LogP contribution in [-0.4, -0.2) is 41.6 Å². The van der Waals surface area contributed by atoms with E-state index in [1.54, 1.807) is 13.8 Å². The average Bonchev–Trinajstić information content (AvgIpc) is 2.20. The summed E-state index contributed by atoms with van der Waals surface area (Å²) in [5.41, 5.74) is -0.871. The van der Waals surface area contributed by atoms with Crippen molar-refractivity contribution in [1.29, 1.82) is 0 Å². The fourth-order valence-corrected chi connectivity index (χ4v) is 1.31. The van der Waals surface area contributed by atoms with Crippen molar-refractivity contribution < 1.29 is 19.5 Å². The van der Waals surface area contributed by atoms with Crippen molar-refractivity contribution in [1.82, 2.24) is 16.0 Å². The maximum Gasteiger partial charge on any atom is 0.315 e. The van der Waals surface area contributed by atoms with Crippen LogP contribution in [0.15, 0.2) is 0 Å². The van der Waals surface area contributed by atoms with Crippen molar-refractivity contribution in [3.05, 3.63) is 0 Å². The number of carboxylic acid groups (broad SMARTS) is 1. The molecule has 0 atom stereocenters. The van der Waals surface area contributed by atoms with E-state index in [2.05, 4.69) is 16.0 Å². The van der Waals surface area contributed by atoms with Crippen molar-refractivity contribution in [2.75, 3.05) is 13.1 Å². The highest BCUT2D eigenvalue weighted by Crippen LogP contribution is 2.07. The Morgan fingerprint density at radius 3 is 2.21 bits per heavy atom. The van der Waals surface area contributed by atoms with Crippen LogP contribution in [0.25, 0.3) is 0 Å². The highest BCUT2D eigenvalue weighted by molar-refractivity contribution is 5.84. The van der Waals surface area contributed by atoms with Gasteiger partial charge in [0, 0.05) is 12.1 Å². The monoisotopic (exact) mass is 273 g/mol. The van der Waals surface area contributed by atoms with E-state index in [1.807, 2.05) is 13.8 Å². The minimum Gasteiger partial charge on any atom is -0.481 e. The molecule has 110 valence electrons. The van der Waals surface area contributed by atoms with Crippen molar-refractivity contribution >= 4 is 17.9 Å². The molecule has 0 aromatic carbocycles. The first-order valence-corrected chi connectivity index (χ1v) is 6.17. The first kappa shape index (κ1) is 17.2. The summed E-state index contributed by atoms with van der Waals surface area (Å²) in [7, 11) is 0. The summed E-state index contributed by atoms with van der Waals surface area (Å²) in [6, 6.07) is -0.564. The van der Waals surface area contributed by atoms with E-state index < -0.39 is 17.5 Å². The van der Waals surface area contributed by atoms with Gasteiger partial charge in [-0.3, -0.25) is 9.59 Å². The van der Waals surface area contributed by atoms with Gasteiger partial charge in [0.05, 0.1) is 13.0 Å². The van der Waals surface area contributed by atoms with E-state index in [9.17, 15) is 14.4 Å². The zero-order valence-corrected chi connectivity index (χ0v) is 11.9. The van der Waals surface area contributed by atoms with Crippen molar-refractivity contribution in [2.24, 2.45) is 5.92 Å². The molecule has 0 saturated heterocycles. The van der Waals surface area contributed by atoms with Gasteiger partial charge in [0.1, 0.15) is 0 Å². The average molecular weight is 273 g/mol. The van der Waals surface area contributed by atoms with Crippen LogP contribution in [0, 0.1) is 5.92 Å². The van der Waals surface area contributed by atoms with E-state index in [-0.39, 0.29) is 18.9 Å². The SMILES string of the molecule is CC(C)CNC(=O)CNC(=O)NC(C)(C)CC(=O)O. The van der Waals surface area contributed by atoms with Crippen LogP contribution < -0.4 is 16.0 Å². The second-order valence-electron chi connectivity index (χ2n) is 5.46. The first-order chi connectivity index (χ1) is 8.62. The number of carbonyl (C=O) groups is 3. The fraction of sp³-hybridized carbons (Fsp3) is 0.750. The van der Waals surface area contributed by atoms with Gasteiger partial charge in [-0.25, -0.2) is 4.79 Å². The largest absolute Gasteiger partial charge is 0.481 e. The Morgan fingerprint density at radius 1 is 1.16 bits per heavy atom. The Bertz CT molecular complexity index is 340. The molecule has 0 radical (unpaired) electrons. The zero-order valence-electron chi connectivity index (χ0n) is 11.9. The van der Waals surface area contributed by atoms with Crippen LogP contribution in [0.4, 0.5) is 4.79 Å². The van der Waals surface area contributed by atoms with Gasteiger partial charge in [-0.15, -0.1) is 0 Å². The van der Waals surface area contributed by atoms with Gasteiger partial charge in [-0.2, -0.15) is 0 Å². The van der Waals surface area contributed by atoms with Gasteiger partial charge in [0.25, 0.3) is 0 Å². The number of nitrogens with one attached hydrogen (secondary N) is 3. The molecule has 0 bridgehead atoms. The third kappa shape index (κ3) is 9.87. The molecular formula is C12H23N3O4. The standard InChI is InChI=1S/C12H23N3O4/c1-8(2)6-13-9(16)7-14-11(19)15-12(3,4)5-10(17)18/h8H,5-7H2,1-4H3,(H,13,16)(H,17,18)(H2,14,15,19). The van der Waals surface area contributed by atoms with Gasteiger partial charge in [-0.1, -0.05) is 13.8 Å². The number of rotatable bonds is 7. The van der Waals surface area contributed by atoms with Crippen molar-refractivity contribution in [3.8, 4) is 0 Å². The van der Waals surface area contributed by atoms with Gasteiger partial charge >= 0.3 is 12.0 Å². The van der Waals surface area contributed by atoms with E-state index >= 15 is 0 Å². The Kier molecular flexibility index (Phi) is 6.89. The third-order valence-corrected chi connectivity index (χ3v) is 2.16. The molecule has 7 nitrogen and oxygen atoms in total. The number of urea groups is 1. The van der Waals surface area contributed by atoms with Crippen LogP contribution in [-0.2, 0) is 9.59 Å². The van der Waals surface area contributed by atoms with Gasteiger partial charge < -0.3 is 21.1 Å². The van der Waals surface area contributed by atoms with E-state index in [0.717, 1.165) is 0 Å². The summed E-state index contributed by atoms with van der Waals surface area (Å²) in [5.74, 6) is -0.938. The van der Waals surface area contributed by atoms with E-state index in [0.29, 0.717) is 12.5 Å². The maximum absolute atomic E-state index is 11.5. The van der Waals surface area contributed by atoms with Crippen LogP contribution in [0.5, 0.6) is 0 Å². The first-order valence-electron chi connectivity index (χ1n) is 6.17. The molecule has 19 heavy (non-hydrogen) atoms. The number of carbonyl (C=O) groups excluding carboxylic acids is 2. The van der Waals surface area contributed by atoms with Crippen LogP contribution in [0.3, 0.4) is 0 Å². The molecule has 0 aliphatic rings. The molecule has 0 fully saturated rings. The highest BCUT2D eigenvalue weighted by Gasteiger charge is 2.23. The van der Waals surface area contributed by atoms with Gasteiger partial charge in [0.2, 0.25) is 5.91 Å². The molecular weight excluding hydrogens is 250 g/mol. The van der Waals surface area contributed by atoms with Crippen LogP contribution in [0.1, 0.15) is 34.1 Å².